The Balaban J connectivity index is 3.36. The molecule has 0 atom stereocenters. The molecule has 0 bridgehead atoms. The van der Waals surface area contributed by atoms with Gasteiger partial charge in [-0.05, 0) is 19.1 Å². The third kappa shape index (κ3) is 3.14. The number of carboxylic acids is 1. The van der Waals surface area contributed by atoms with E-state index in [4.69, 9.17) is 16.7 Å². The zero-order valence-electron chi connectivity index (χ0n) is 9.21. The molecule has 94 valence electrons. The van der Waals surface area contributed by atoms with Crippen LogP contribution in [0.25, 0.3) is 6.08 Å². The summed E-state index contributed by atoms with van der Waals surface area (Å²) < 4.78 is 0. The Labute approximate surface area is 107 Å². The molecular formula is C11H8ClNO5. The van der Waals surface area contributed by atoms with Crippen LogP contribution in [0.3, 0.4) is 0 Å². The summed E-state index contributed by atoms with van der Waals surface area (Å²) >= 11 is 5.78. The number of nitro benzene ring substituents is 1. The van der Waals surface area contributed by atoms with Gasteiger partial charge in [-0.15, -0.1) is 0 Å². The van der Waals surface area contributed by atoms with Crippen LogP contribution in [0.5, 0.6) is 0 Å². The van der Waals surface area contributed by atoms with E-state index >= 15 is 0 Å². The molecule has 0 fully saturated rings. The highest BCUT2D eigenvalue weighted by Crippen LogP contribution is 2.24. The molecule has 0 radical (unpaired) electrons. The SMILES string of the molecule is CC(=O)/C(=C/c1cc([N+](=O)[O-])ccc1Cl)C(=O)O. The Bertz CT molecular complexity index is 549. The molecule has 0 spiro atoms. The van der Waals surface area contributed by atoms with Crippen LogP contribution in [0.1, 0.15) is 12.5 Å². The molecule has 1 aromatic rings. The lowest BCUT2D eigenvalue weighted by atomic mass is 10.1. The number of halogens is 1. The Morgan fingerprint density at radius 1 is 1.44 bits per heavy atom. The van der Waals surface area contributed by atoms with Gasteiger partial charge in [0.2, 0.25) is 0 Å². The summed E-state index contributed by atoms with van der Waals surface area (Å²) in [5.41, 5.74) is -0.616. The normalized spacial score (nSPS) is 11.1. The van der Waals surface area contributed by atoms with Crippen molar-refractivity contribution >= 4 is 35.1 Å². The molecule has 0 saturated heterocycles. The van der Waals surface area contributed by atoms with Crippen molar-refractivity contribution in [2.75, 3.05) is 0 Å². The summed E-state index contributed by atoms with van der Waals surface area (Å²) in [6.45, 7) is 1.09. The third-order valence-corrected chi connectivity index (χ3v) is 2.44. The molecule has 18 heavy (non-hydrogen) atoms. The molecular weight excluding hydrogens is 262 g/mol. The molecule has 0 aliphatic carbocycles. The van der Waals surface area contributed by atoms with Crippen molar-refractivity contribution in [2.45, 2.75) is 6.92 Å². The first-order chi connectivity index (χ1) is 8.32. The second-order valence-corrected chi connectivity index (χ2v) is 3.79. The van der Waals surface area contributed by atoms with Crippen molar-refractivity contribution in [1.29, 1.82) is 0 Å². The Morgan fingerprint density at radius 3 is 2.50 bits per heavy atom. The highest BCUT2D eigenvalue weighted by Gasteiger charge is 2.15. The predicted octanol–water partition coefficient (Wildman–Crippen LogP) is 2.31. The number of nitro groups is 1. The average Bonchev–Trinajstić information content (AvgIpc) is 2.26. The van der Waals surface area contributed by atoms with Crippen molar-refractivity contribution in [2.24, 2.45) is 0 Å². The number of carboxylic acid groups (broad SMARTS) is 1. The number of ketones is 1. The highest BCUT2D eigenvalue weighted by molar-refractivity contribution is 6.32. The van der Waals surface area contributed by atoms with E-state index in [0.717, 1.165) is 19.1 Å². The van der Waals surface area contributed by atoms with E-state index < -0.39 is 22.2 Å². The van der Waals surface area contributed by atoms with Gasteiger partial charge in [-0.3, -0.25) is 14.9 Å². The molecule has 6 nitrogen and oxygen atoms in total. The first-order valence-corrected chi connectivity index (χ1v) is 5.10. The van der Waals surface area contributed by atoms with E-state index in [0.29, 0.717) is 0 Å². The van der Waals surface area contributed by atoms with E-state index in [9.17, 15) is 19.7 Å². The molecule has 1 aromatic carbocycles. The van der Waals surface area contributed by atoms with Gasteiger partial charge in [-0.2, -0.15) is 0 Å². The van der Waals surface area contributed by atoms with Crippen LogP contribution in [0, 0.1) is 10.1 Å². The topological polar surface area (TPSA) is 97.5 Å². The summed E-state index contributed by atoms with van der Waals surface area (Å²) in [7, 11) is 0. The Hall–Kier alpha value is -2.21. The van der Waals surface area contributed by atoms with Gasteiger partial charge in [-0.25, -0.2) is 4.79 Å². The zero-order valence-corrected chi connectivity index (χ0v) is 9.97. The minimum Gasteiger partial charge on any atom is -0.478 e. The van der Waals surface area contributed by atoms with Crippen molar-refractivity contribution < 1.29 is 19.6 Å². The van der Waals surface area contributed by atoms with Crippen LogP contribution in [0.2, 0.25) is 5.02 Å². The number of hydrogen-bond acceptors (Lipinski definition) is 4. The fourth-order valence-corrected chi connectivity index (χ4v) is 1.40. The quantitative estimate of drug-likeness (QED) is 0.297. The van der Waals surface area contributed by atoms with Crippen molar-refractivity contribution in [1.82, 2.24) is 0 Å². The average molecular weight is 270 g/mol. The van der Waals surface area contributed by atoms with Gasteiger partial charge in [-0.1, -0.05) is 11.6 Å². The van der Waals surface area contributed by atoms with Crippen LogP contribution in [-0.2, 0) is 9.59 Å². The minimum atomic E-state index is -1.41. The molecule has 0 aromatic heterocycles. The fraction of sp³-hybridized carbons (Fsp3) is 0.0909. The first kappa shape index (κ1) is 13.9. The number of nitrogens with zero attached hydrogens (tertiary/aromatic N) is 1. The largest absolute Gasteiger partial charge is 0.478 e. The molecule has 0 unspecified atom stereocenters. The summed E-state index contributed by atoms with van der Waals surface area (Å²) in [5.74, 6) is -2.07. The van der Waals surface area contributed by atoms with E-state index in [2.05, 4.69) is 0 Å². The maximum Gasteiger partial charge on any atom is 0.339 e. The number of Topliss-reactive ketones (excluding diaryl/α,β-unsaturated/α-hetero) is 1. The van der Waals surface area contributed by atoms with Gasteiger partial charge in [0, 0.05) is 22.7 Å². The lowest BCUT2D eigenvalue weighted by Crippen LogP contribution is -2.08. The van der Waals surface area contributed by atoms with Crippen LogP contribution < -0.4 is 0 Å². The lowest BCUT2D eigenvalue weighted by Gasteiger charge is -2.01. The summed E-state index contributed by atoms with van der Waals surface area (Å²) in [5, 5.41) is 19.5. The standard InChI is InChI=1S/C11H8ClNO5/c1-6(14)9(11(15)16)5-7-4-8(13(17)18)2-3-10(7)12/h2-5H,1H3,(H,15,16)/b9-5-. The van der Waals surface area contributed by atoms with Gasteiger partial charge in [0.15, 0.2) is 5.78 Å². The second kappa shape index (κ2) is 5.42. The zero-order chi connectivity index (χ0) is 13.9. The number of benzene rings is 1. The van der Waals surface area contributed by atoms with E-state index in [1.807, 2.05) is 0 Å². The van der Waals surface area contributed by atoms with E-state index in [1.54, 1.807) is 0 Å². The molecule has 0 amide bonds. The van der Waals surface area contributed by atoms with E-state index in [1.165, 1.54) is 12.1 Å². The van der Waals surface area contributed by atoms with Gasteiger partial charge < -0.3 is 5.11 Å². The van der Waals surface area contributed by atoms with Crippen LogP contribution in [-0.4, -0.2) is 21.8 Å². The number of aliphatic carboxylic acids is 1. The van der Waals surface area contributed by atoms with Crippen LogP contribution in [0.15, 0.2) is 23.8 Å². The minimum absolute atomic E-state index is 0.110. The summed E-state index contributed by atoms with van der Waals surface area (Å²) in [6.07, 6.45) is 1.01. The maximum atomic E-state index is 11.1. The molecule has 0 aliphatic heterocycles. The van der Waals surface area contributed by atoms with Crippen molar-refractivity contribution in [3.8, 4) is 0 Å². The van der Waals surface area contributed by atoms with Gasteiger partial charge >= 0.3 is 5.97 Å². The number of non-ortho nitro benzene ring substituents is 1. The monoisotopic (exact) mass is 269 g/mol. The van der Waals surface area contributed by atoms with Crippen molar-refractivity contribution in [3.63, 3.8) is 0 Å². The number of hydrogen-bond donors (Lipinski definition) is 1. The van der Waals surface area contributed by atoms with Gasteiger partial charge in [0.1, 0.15) is 5.57 Å². The first-order valence-electron chi connectivity index (χ1n) is 4.72. The van der Waals surface area contributed by atoms with Gasteiger partial charge in [0.05, 0.1) is 4.92 Å². The summed E-state index contributed by atoms with van der Waals surface area (Å²) in [4.78, 5) is 31.8. The second-order valence-electron chi connectivity index (χ2n) is 3.38. The molecule has 7 heteroatoms. The smallest absolute Gasteiger partial charge is 0.339 e. The molecule has 0 heterocycles. The summed E-state index contributed by atoms with van der Waals surface area (Å²) in [6, 6.07) is 3.56. The molecule has 1 rings (SSSR count). The van der Waals surface area contributed by atoms with Gasteiger partial charge in [0.25, 0.3) is 5.69 Å². The maximum absolute atomic E-state index is 11.1. The number of carbonyl (C=O) groups excluding carboxylic acids is 1. The number of rotatable bonds is 4. The van der Waals surface area contributed by atoms with Crippen LogP contribution in [0.4, 0.5) is 5.69 Å². The fourth-order valence-electron chi connectivity index (χ4n) is 1.22. The molecule has 0 aliphatic rings. The highest BCUT2D eigenvalue weighted by atomic mass is 35.5. The number of carbonyl (C=O) groups is 2. The predicted molar refractivity (Wildman–Crippen MR) is 64.4 cm³/mol. The van der Waals surface area contributed by atoms with E-state index in [-0.39, 0.29) is 16.3 Å². The Morgan fingerprint density at radius 2 is 2.06 bits per heavy atom. The molecule has 1 N–H and O–H groups in total. The van der Waals surface area contributed by atoms with Crippen molar-refractivity contribution in [3.05, 3.63) is 44.5 Å². The van der Waals surface area contributed by atoms with Crippen LogP contribution >= 0.6 is 11.6 Å². The Kier molecular flexibility index (Phi) is 4.17. The third-order valence-electron chi connectivity index (χ3n) is 2.10. The lowest BCUT2D eigenvalue weighted by molar-refractivity contribution is -0.384. The molecule has 0 saturated carbocycles.